The molecule has 3 N–H and O–H groups in total. The van der Waals surface area contributed by atoms with Gasteiger partial charge in [0, 0.05) is 6.08 Å². The van der Waals surface area contributed by atoms with Crippen LogP contribution in [0.5, 0.6) is 0 Å². The Bertz CT molecular complexity index is 826. The predicted molar refractivity (Wildman–Crippen MR) is 129 cm³/mol. The van der Waals surface area contributed by atoms with E-state index in [0.717, 1.165) is 35.6 Å². The fraction of sp³-hybridized carbons (Fsp3) is 0.444. The van der Waals surface area contributed by atoms with Crippen LogP contribution in [0.1, 0.15) is 60.8 Å². The Balaban J connectivity index is 2.78. The van der Waals surface area contributed by atoms with Crippen LogP contribution in [0, 0.1) is 5.41 Å². The molecule has 0 aliphatic heterocycles. The van der Waals surface area contributed by atoms with E-state index in [1.165, 1.54) is 0 Å². The van der Waals surface area contributed by atoms with E-state index in [1.807, 2.05) is 83.2 Å². The van der Waals surface area contributed by atoms with Crippen LogP contribution in [0.2, 0.25) is 0 Å². The number of carbonyl (C=O) groups is 1. The van der Waals surface area contributed by atoms with Crippen molar-refractivity contribution in [2.75, 3.05) is 0 Å². The van der Waals surface area contributed by atoms with Crippen LogP contribution in [0.3, 0.4) is 0 Å². The second kappa shape index (κ2) is 11.3. The maximum atomic E-state index is 11.3. The van der Waals surface area contributed by atoms with Gasteiger partial charge in [-0.15, -0.1) is 0 Å². The molecule has 2 atom stereocenters. The average molecular weight is 427 g/mol. The normalized spacial score (nSPS) is 28.5. The minimum Gasteiger partial charge on any atom is -0.478 e. The van der Waals surface area contributed by atoms with E-state index in [9.17, 15) is 15.0 Å². The molecule has 4 heteroatoms. The van der Waals surface area contributed by atoms with Gasteiger partial charge in [0.15, 0.2) is 0 Å². The van der Waals surface area contributed by atoms with Gasteiger partial charge in [-0.3, -0.25) is 0 Å². The molecule has 1 aliphatic carbocycles. The smallest absolute Gasteiger partial charge is 0.328 e. The standard InChI is InChI=1S/C27H38O4/c1-21(11-7-8-12-22(2)15-16-24(28)29)13-9-14-23(3)17-20-27(31)25(4,5)18-10-19-26(27,6)30/h7-9,11-17,20,30-31H,10,18-19H2,1-6H3,(H,28,29)/b8-7+,13-9+,16-15+,20-17+,21-11+,22-12+,23-14+/t26-,27-/m0/s1. The lowest BCUT2D eigenvalue weighted by atomic mass is 9.58. The van der Waals surface area contributed by atoms with Crippen molar-refractivity contribution in [3.8, 4) is 0 Å². The van der Waals surface area contributed by atoms with Gasteiger partial charge in [0.1, 0.15) is 5.60 Å². The average Bonchev–Trinajstić information content (AvgIpc) is 2.66. The number of carboxylic acid groups (broad SMARTS) is 1. The molecule has 0 amide bonds. The second-order valence-electron chi connectivity index (χ2n) is 9.26. The quantitative estimate of drug-likeness (QED) is 0.337. The van der Waals surface area contributed by atoms with Gasteiger partial charge in [-0.1, -0.05) is 85.3 Å². The molecule has 0 aromatic heterocycles. The van der Waals surface area contributed by atoms with Crippen molar-refractivity contribution in [3.05, 3.63) is 83.6 Å². The Hall–Kier alpha value is -2.43. The summed E-state index contributed by atoms with van der Waals surface area (Å²) in [6.07, 6.45) is 22.1. The summed E-state index contributed by atoms with van der Waals surface area (Å²) in [5.74, 6) is -0.960. The van der Waals surface area contributed by atoms with Crippen molar-refractivity contribution in [1.29, 1.82) is 0 Å². The van der Waals surface area contributed by atoms with E-state index >= 15 is 0 Å². The van der Waals surface area contributed by atoms with Crippen LogP contribution < -0.4 is 0 Å². The van der Waals surface area contributed by atoms with Crippen LogP contribution >= 0.6 is 0 Å². The summed E-state index contributed by atoms with van der Waals surface area (Å²) in [4.78, 5) is 10.5. The highest BCUT2D eigenvalue weighted by atomic mass is 16.4. The number of hydrogen-bond donors (Lipinski definition) is 3. The summed E-state index contributed by atoms with van der Waals surface area (Å²) in [7, 11) is 0. The van der Waals surface area contributed by atoms with Gasteiger partial charge < -0.3 is 15.3 Å². The summed E-state index contributed by atoms with van der Waals surface area (Å²) < 4.78 is 0. The van der Waals surface area contributed by atoms with Crippen LogP contribution in [0.25, 0.3) is 0 Å². The molecule has 0 spiro atoms. The van der Waals surface area contributed by atoms with E-state index in [0.29, 0.717) is 6.42 Å². The first-order chi connectivity index (χ1) is 14.3. The molecule has 0 bridgehead atoms. The zero-order chi connectivity index (χ0) is 23.7. The molecule has 0 radical (unpaired) electrons. The number of allylic oxidation sites excluding steroid dienone is 12. The van der Waals surface area contributed by atoms with Gasteiger partial charge >= 0.3 is 5.97 Å². The third-order valence-corrected chi connectivity index (χ3v) is 5.94. The number of hydrogen-bond acceptors (Lipinski definition) is 3. The summed E-state index contributed by atoms with van der Waals surface area (Å²) in [5, 5.41) is 30.7. The number of carboxylic acids is 1. The van der Waals surface area contributed by atoms with Gasteiger partial charge in [-0.2, -0.15) is 0 Å². The first kappa shape index (κ1) is 26.6. The molecule has 1 fully saturated rings. The molecule has 1 rings (SSSR count). The Morgan fingerprint density at radius 1 is 0.742 bits per heavy atom. The highest BCUT2D eigenvalue weighted by Crippen LogP contribution is 2.50. The lowest BCUT2D eigenvalue weighted by molar-refractivity contribution is -0.194. The minimum atomic E-state index is -1.27. The molecule has 0 saturated heterocycles. The summed E-state index contributed by atoms with van der Waals surface area (Å²) in [6, 6.07) is 0. The van der Waals surface area contributed by atoms with Crippen molar-refractivity contribution in [2.24, 2.45) is 5.41 Å². The van der Waals surface area contributed by atoms with Gasteiger partial charge in [-0.05, 0) is 58.4 Å². The molecule has 0 aromatic carbocycles. The molecule has 0 unspecified atom stereocenters. The van der Waals surface area contributed by atoms with Gasteiger partial charge in [0.05, 0.1) is 5.60 Å². The molecule has 4 nitrogen and oxygen atoms in total. The van der Waals surface area contributed by atoms with Crippen LogP contribution in [0.4, 0.5) is 0 Å². The Labute approximate surface area is 187 Å². The van der Waals surface area contributed by atoms with E-state index in [2.05, 4.69) is 0 Å². The van der Waals surface area contributed by atoms with Crippen molar-refractivity contribution in [3.63, 3.8) is 0 Å². The maximum absolute atomic E-state index is 11.3. The number of aliphatic hydroxyl groups is 2. The lowest BCUT2D eigenvalue weighted by Crippen LogP contribution is -2.62. The van der Waals surface area contributed by atoms with E-state index < -0.39 is 22.6 Å². The third kappa shape index (κ3) is 7.97. The zero-order valence-electron chi connectivity index (χ0n) is 19.7. The third-order valence-electron chi connectivity index (χ3n) is 5.94. The number of rotatable bonds is 8. The van der Waals surface area contributed by atoms with Gasteiger partial charge in [-0.25, -0.2) is 4.79 Å². The van der Waals surface area contributed by atoms with E-state index in [1.54, 1.807) is 19.1 Å². The highest BCUT2D eigenvalue weighted by Gasteiger charge is 2.56. The van der Waals surface area contributed by atoms with Gasteiger partial charge in [0.25, 0.3) is 0 Å². The molecular formula is C27H38O4. The minimum absolute atomic E-state index is 0.400. The maximum Gasteiger partial charge on any atom is 0.328 e. The SMILES string of the molecule is CC(/C=C/C=C(C)/C=C/[C@]1(O)C(C)(C)CCC[C@]1(C)O)=C\C=C\C=C(C)\C=C\C(=O)O. The van der Waals surface area contributed by atoms with Crippen LogP contribution in [0.15, 0.2) is 83.6 Å². The lowest BCUT2D eigenvalue weighted by Gasteiger charge is -2.53. The Kier molecular flexibility index (Phi) is 9.67. The highest BCUT2D eigenvalue weighted by molar-refractivity contribution is 5.80. The fourth-order valence-electron chi connectivity index (χ4n) is 3.78. The molecule has 31 heavy (non-hydrogen) atoms. The Morgan fingerprint density at radius 3 is 1.81 bits per heavy atom. The van der Waals surface area contributed by atoms with Crippen LogP contribution in [-0.4, -0.2) is 32.5 Å². The largest absolute Gasteiger partial charge is 0.478 e. The predicted octanol–water partition coefficient (Wildman–Crippen LogP) is 5.83. The van der Waals surface area contributed by atoms with Crippen molar-refractivity contribution in [1.82, 2.24) is 0 Å². The molecule has 0 aromatic rings. The first-order valence-electron chi connectivity index (χ1n) is 10.7. The summed E-state index contributed by atoms with van der Waals surface area (Å²) in [5.41, 5.74) is 0.0721. The fourth-order valence-corrected chi connectivity index (χ4v) is 3.78. The first-order valence-corrected chi connectivity index (χ1v) is 10.7. The number of aliphatic carboxylic acids is 1. The monoisotopic (exact) mass is 426 g/mol. The van der Waals surface area contributed by atoms with Gasteiger partial charge in [0.2, 0.25) is 0 Å². The molecular weight excluding hydrogens is 388 g/mol. The second-order valence-corrected chi connectivity index (χ2v) is 9.26. The molecule has 170 valence electrons. The summed E-state index contributed by atoms with van der Waals surface area (Å²) >= 11 is 0. The Morgan fingerprint density at radius 2 is 1.26 bits per heavy atom. The van der Waals surface area contributed by atoms with E-state index in [-0.39, 0.29) is 0 Å². The van der Waals surface area contributed by atoms with Crippen LogP contribution in [-0.2, 0) is 4.79 Å². The molecule has 0 heterocycles. The summed E-state index contributed by atoms with van der Waals surface area (Å²) in [6.45, 7) is 11.5. The van der Waals surface area contributed by atoms with Crippen molar-refractivity contribution in [2.45, 2.75) is 72.0 Å². The molecule has 1 aliphatic rings. The molecule has 1 saturated carbocycles. The zero-order valence-corrected chi connectivity index (χ0v) is 19.7. The van der Waals surface area contributed by atoms with Crippen molar-refractivity contribution < 1.29 is 20.1 Å². The van der Waals surface area contributed by atoms with E-state index in [4.69, 9.17) is 5.11 Å². The topological polar surface area (TPSA) is 77.8 Å². The van der Waals surface area contributed by atoms with Crippen molar-refractivity contribution >= 4 is 5.97 Å².